The number of nitrogens with zero attached hydrogens (tertiary/aromatic N) is 2. The number of amides is 2. The predicted molar refractivity (Wildman–Crippen MR) is 82.5 cm³/mol. The third-order valence-electron chi connectivity index (χ3n) is 4.89. The lowest BCUT2D eigenvalue weighted by Gasteiger charge is -2.59. The Morgan fingerprint density at radius 2 is 1.90 bits per heavy atom. The molecule has 2 amide bonds. The molecule has 1 heterocycles. The molecule has 0 radical (unpaired) electrons. The largest absolute Gasteiger partial charge is 0.351 e. The van der Waals surface area contributed by atoms with Crippen molar-refractivity contribution < 1.29 is 9.63 Å². The average molecular weight is 291 g/mol. The molecule has 21 heavy (non-hydrogen) atoms. The van der Waals surface area contributed by atoms with Crippen LogP contribution in [-0.2, 0) is 10.4 Å². The van der Waals surface area contributed by atoms with E-state index in [0.717, 1.165) is 12.0 Å². The third-order valence-corrected chi connectivity index (χ3v) is 4.89. The lowest BCUT2D eigenvalue weighted by molar-refractivity contribution is -0.263. The molecule has 5 heteroatoms. The quantitative estimate of drug-likeness (QED) is 0.930. The minimum absolute atomic E-state index is 0.385. The van der Waals surface area contributed by atoms with Crippen molar-refractivity contribution in [3.63, 3.8) is 0 Å². The fourth-order valence-electron chi connectivity index (χ4n) is 3.85. The maximum absolute atomic E-state index is 11.9. The van der Waals surface area contributed by atoms with E-state index in [0.29, 0.717) is 13.1 Å². The van der Waals surface area contributed by atoms with Crippen LogP contribution in [0.15, 0.2) is 30.3 Å². The number of carbonyl (C=O) groups is 1. The number of primary amides is 1. The topological polar surface area (TPSA) is 58.8 Å². The van der Waals surface area contributed by atoms with Gasteiger partial charge in [0.25, 0.3) is 0 Å². The summed E-state index contributed by atoms with van der Waals surface area (Å²) in [6, 6.07) is 9.80. The van der Waals surface area contributed by atoms with Crippen molar-refractivity contribution in [2.24, 2.45) is 5.73 Å². The molecule has 1 fully saturated rings. The second-order valence-electron chi connectivity index (χ2n) is 5.91. The van der Waals surface area contributed by atoms with Gasteiger partial charge in [-0.2, -0.15) is 5.06 Å². The summed E-state index contributed by atoms with van der Waals surface area (Å²) < 4.78 is 0. The molecule has 116 valence electrons. The highest BCUT2D eigenvalue weighted by Gasteiger charge is 2.56. The van der Waals surface area contributed by atoms with Crippen LogP contribution in [0.25, 0.3) is 0 Å². The van der Waals surface area contributed by atoms with Crippen LogP contribution in [0.4, 0.5) is 4.79 Å². The fourth-order valence-corrected chi connectivity index (χ4v) is 3.85. The normalized spacial score (nSPS) is 25.8. The molecule has 0 spiro atoms. The zero-order chi connectivity index (χ0) is 15.7. The molecule has 0 bridgehead atoms. The van der Waals surface area contributed by atoms with Crippen molar-refractivity contribution in [1.29, 1.82) is 0 Å². The third kappa shape index (κ3) is 2.21. The van der Waals surface area contributed by atoms with Gasteiger partial charge in [0.1, 0.15) is 0 Å². The van der Waals surface area contributed by atoms with Crippen LogP contribution in [0.1, 0.15) is 32.8 Å². The fraction of sp³-hybridized carbons (Fsp3) is 0.562. The summed E-state index contributed by atoms with van der Waals surface area (Å²) in [4.78, 5) is 19.3. The van der Waals surface area contributed by atoms with Crippen molar-refractivity contribution in [2.75, 3.05) is 20.2 Å². The molecule has 1 unspecified atom stereocenters. The predicted octanol–water partition coefficient (Wildman–Crippen LogP) is 2.33. The lowest BCUT2D eigenvalue weighted by Crippen LogP contribution is -2.72. The minimum Gasteiger partial charge on any atom is -0.351 e. The number of rotatable bonds is 3. The van der Waals surface area contributed by atoms with Crippen molar-refractivity contribution in [2.45, 2.75) is 38.3 Å². The zero-order valence-electron chi connectivity index (χ0n) is 13.3. The maximum Gasteiger partial charge on any atom is 0.315 e. The molecule has 2 rings (SSSR count). The Labute approximate surface area is 126 Å². The van der Waals surface area contributed by atoms with Gasteiger partial charge in [-0.3, -0.25) is 0 Å². The summed E-state index contributed by atoms with van der Waals surface area (Å²) in [6.07, 6.45) is 0.807. The summed E-state index contributed by atoms with van der Waals surface area (Å²) in [6.45, 7) is 7.42. The van der Waals surface area contributed by atoms with Gasteiger partial charge in [-0.25, -0.2) is 4.79 Å². The van der Waals surface area contributed by atoms with Gasteiger partial charge in [-0.05, 0) is 25.8 Å². The highest BCUT2D eigenvalue weighted by atomic mass is 16.7. The molecule has 2 N–H and O–H groups in total. The van der Waals surface area contributed by atoms with Gasteiger partial charge in [0.2, 0.25) is 0 Å². The Hall–Kier alpha value is -1.59. The van der Waals surface area contributed by atoms with Gasteiger partial charge in [0.05, 0.1) is 18.2 Å². The highest BCUT2D eigenvalue weighted by Crippen LogP contribution is 2.47. The summed E-state index contributed by atoms with van der Waals surface area (Å²) in [5.74, 6) is 0. The van der Waals surface area contributed by atoms with E-state index in [1.165, 1.54) is 0 Å². The van der Waals surface area contributed by atoms with Gasteiger partial charge < -0.3 is 15.5 Å². The number of benzene rings is 1. The Morgan fingerprint density at radius 3 is 2.38 bits per heavy atom. The molecule has 1 aliphatic heterocycles. The number of urea groups is 1. The summed E-state index contributed by atoms with van der Waals surface area (Å²) in [5, 5.41) is 1.99. The van der Waals surface area contributed by atoms with Crippen LogP contribution in [-0.4, -0.2) is 41.7 Å². The van der Waals surface area contributed by atoms with E-state index < -0.39 is 11.1 Å². The highest BCUT2D eigenvalue weighted by molar-refractivity contribution is 5.73. The first-order valence-electron chi connectivity index (χ1n) is 7.36. The van der Waals surface area contributed by atoms with Gasteiger partial charge >= 0.3 is 6.03 Å². The molecule has 1 aromatic carbocycles. The van der Waals surface area contributed by atoms with E-state index in [2.05, 4.69) is 32.9 Å². The molecule has 1 atom stereocenters. The summed E-state index contributed by atoms with van der Waals surface area (Å²) in [5.41, 5.74) is 5.82. The first kappa shape index (κ1) is 15.8. The second-order valence-corrected chi connectivity index (χ2v) is 5.91. The standard InChI is InChI=1S/C16H25N3O2/c1-5-16(13-9-7-6-8-10-13)15(2,3)18(14(17)20)11-12-19(16)21-4/h6-10H,5,11-12H2,1-4H3,(H2,17,20). The van der Waals surface area contributed by atoms with E-state index in [4.69, 9.17) is 10.6 Å². The first-order chi connectivity index (χ1) is 9.91. The molecule has 5 nitrogen and oxygen atoms in total. The van der Waals surface area contributed by atoms with Crippen LogP contribution >= 0.6 is 0 Å². The van der Waals surface area contributed by atoms with E-state index >= 15 is 0 Å². The number of piperazine rings is 1. The van der Waals surface area contributed by atoms with Gasteiger partial charge in [-0.1, -0.05) is 37.3 Å². The Bertz CT molecular complexity index is 504. The molecule has 1 aromatic rings. The van der Waals surface area contributed by atoms with Crippen molar-refractivity contribution in [3.05, 3.63) is 35.9 Å². The molecular formula is C16H25N3O2. The van der Waals surface area contributed by atoms with Gasteiger partial charge in [-0.15, -0.1) is 0 Å². The smallest absolute Gasteiger partial charge is 0.315 e. The van der Waals surface area contributed by atoms with E-state index in [9.17, 15) is 4.79 Å². The van der Waals surface area contributed by atoms with Crippen LogP contribution in [0.5, 0.6) is 0 Å². The number of hydrogen-bond donors (Lipinski definition) is 1. The van der Waals surface area contributed by atoms with Crippen LogP contribution in [0.3, 0.4) is 0 Å². The number of hydroxylamine groups is 2. The molecule has 0 aromatic heterocycles. The molecule has 1 aliphatic rings. The van der Waals surface area contributed by atoms with E-state index in [1.54, 1.807) is 12.0 Å². The van der Waals surface area contributed by atoms with Crippen molar-refractivity contribution in [3.8, 4) is 0 Å². The Kier molecular flexibility index (Phi) is 4.25. The van der Waals surface area contributed by atoms with Crippen molar-refractivity contribution in [1.82, 2.24) is 9.96 Å². The van der Waals surface area contributed by atoms with Crippen LogP contribution in [0, 0.1) is 0 Å². The molecule has 0 aliphatic carbocycles. The number of hydrogen-bond acceptors (Lipinski definition) is 3. The van der Waals surface area contributed by atoms with Gasteiger partial charge in [0, 0.05) is 13.1 Å². The molecule has 0 saturated carbocycles. The second kappa shape index (κ2) is 5.66. The monoisotopic (exact) mass is 291 g/mol. The number of carbonyl (C=O) groups excluding carboxylic acids is 1. The number of nitrogens with two attached hydrogens (primary N) is 1. The summed E-state index contributed by atoms with van der Waals surface area (Å²) >= 11 is 0. The SMILES string of the molecule is CCC1(c2ccccc2)N(OC)CCN(C(N)=O)C1(C)C. The maximum atomic E-state index is 11.9. The Morgan fingerprint density at radius 1 is 1.29 bits per heavy atom. The van der Waals surface area contributed by atoms with Gasteiger partial charge in [0.15, 0.2) is 0 Å². The van der Waals surface area contributed by atoms with E-state index in [1.807, 2.05) is 23.3 Å². The van der Waals surface area contributed by atoms with Crippen LogP contribution in [0.2, 0.25) is 0 Å². The Balaban J connectivity index is 2.63. The average Bonchev–Trinajstić information content (AvgIpc) is 2.46. The van der Waals surface area contributed by atoms with Crippen molar-refractivity contribution >= 4 is 6.03 Å². The molecular weight excluding hydrogens is 266 g/mol. The molecule has 1 saturated heterocycles. The summed E-state index contributed by atoms with van der Waals surface area (Å²) in [7, 11) is 1.68. The van der Waals surface area contributed by atoms with E-state index in [-0.39, 0.29) is 6.03 Å². The zero-order valence-corrected chi connectivity index (χ0v) is 13.3. The van der Waals surface area contributed by atoms with Crippen LogP contribution < -0.4 is 5.73 Å². The minimum atomic E-state index is -0.483. The first-order valence-corrected chi connectivity index (χ1v) is 7.36. The lowest BCUT2D eigenvalue weighted by atomic mass is 9.69.